The molecule has 0 spiro atoms. The summed E-state index contributed by atoms with van der Waals surface area (Å²) in [5.74, 6) is 0.588. The Morgan fingerprint density at radius 3 is 2.62 bits per heavy atom. The maximum Gasteiger partial charge on any atom is 0.145 e. The molecule has 1 fully saturated rings. The van der Waals surface area contributed by atoms with Crippen LogP contribution in [0, 0.1) is 13.8 Å². The largest absolute Gasteiger partial charge is 0.383 e. The van der Waals surface area contributed by atoms with Crippen LogP contribution in [0.3, 0.4) is 0 Å². The second kappa shape index (κ2) is 5.64. The van der Waals surface area contributed by atoms with E-state index in [1.807, 2.05) is 0 Å². The predicted molar refractivity (Wildman–Crippen MR) is 86.3 cm³/mol. The van der Waals surface area contributed by atoms with Crippen molar-refractivity contribution in [2.24, 2.45) is 0 Å². The minimum absolute atomic E-state index is 0.523. The number of hydrogen-bond donors (Lipinski definition) is 1. The van der Waals surface area contributed by atoms with Gasteiger partial charge in [0.1, 0.15) is 17.8 Å². The normalized spacial score (nSPS) is 18.2. The van der Waals surface area contributed by atoms with E-state index in [2.05, 4.69) is 40.2 Å². The van der Waals surface area contributed by atoms with Crippen molar-refractivity contribution >= 4 is 16.9 Å². The van der Waals surface area contributed by atoms with Gasteiger partial charge in [-0.2, -0.15) is 0 Å². The van der Waals surface area contributed by atoms with E-state index in [9.17, 15) is 0 Å². The average Bonchev–Trinajstić information content (AvgIpc) is 2.74. The van der Waals surface area contributed by atoms with Crippen LogP contribution in [0.4, 0.5) is 5.82 Å². The first-order valence-corrected chi connectivity index (χ1v) is 7.89. The number of nitrogens with two attached hydrogens (primary N) is 1. The third-order valence-corrected chi connectivity index (χ3v) is 4.90. The molecule has 3 rings (SSSR count). The van der Waals surface area contributed by atoms with Crippen molar-refractivity contribution < 1.29 is 0 Å². The molecule has 0 amide bonds. The molecule has 3 heterocycles. The van der Waals surface area contributed by atoms with Crippen LogP contribution in [0.25, 0.3) is 11.0 Å². The van der Waals surface area contributed by atoms with E-state index in [1.54, 1.807) is 6.33 Å². The molecule has 0 radical (unpaired) electrons. The molecule has 1 aliphatic rings. The smallest absolute Gasteiger partial charge is 0.145 e. The molecule has 1 unspecified atom stereocenters. The molecule has 0 saturated carbocycles. The number of fused-ring (bicyclic) bond motifs is 1. The lowest BCUT2D eigenvalue weighted by Crippen LogP contribution is -2.39. The van der Waals surface area contributed by atoms with E-state index in [1.165, 1.54) is 43.6 Å². The summed E-state index contributed by atoms with van der Waals surface area (Å²) in [6.07, 6.45) is 5.59. The molecule has 2 N–H and O–H groups in total. The molecule has 0 aromatic carbocycles. The molecule has 0 aliphatic carbocycles. The van der Waals surface area contributed by atoms with Crippen LogP contribution in [0.1, 0.15) is 37.4 Å². The zero-order valence-corrected chi connectivity index (χ0v) is 13.3. The second-order valence-electron chi connectivity index (χ2n) is 6.22. The molecule has 1 saturated heterocycles. The molecule has 1 atom stereocenters. The minimum atomic E-state index is 0.523. The van der Waals surface area contributed by atoms with Crippen LogP contribution in [-0.2, 0) is 6.54 Å². The quantitative estimate of drug-likeness (QED) is 0.942. The highest BCUT2D eigenvalue weighted by Gasteiger charge is 2.21. The predicted octanol–water partition coefficient (Wildman–Crippen LogP) is 2.50. The molecule has 114 valence electrons. The van der Waals surface area contributed by atoms with E-state index in [-0.39, 0.29) is 0 Å². The Morgan fingerprint density at radius 1 is 1.19 bits per heavy atom. The van der Waals surface area contributed by atoms with Gasteiger partial charge in [0.15, 0.2) is 0 Å². The lowest BCUT2D eigenvalue weighted by atomic mass is 10.1. The minimum Gasteiger partial charge on any atom is -0.383 e. The van der Waals surface area contributed by atoms with Crippen molar-refractivity contribution in [2.45, 2.75) is 52.6 Å². The van der Waals surface area contributed by atoms with E-state index < -0.39 is 0 Å². The van der Waals surface area contributed by atoms with Crippen LogP contribution in [0.5, 0.6) is 0 Å². The van der Waals surface area contributed by atoms with Gasteiger partial charge in [-0.3, -0.25) is 4.90 Å². The van der Waals surface area contributed by atoms with Crippen LogP contribution in [0.2, 0.25) is 0 Å². The van der Waals surface area contributed by atoms with E-state index in [0.29, 0.717) is 11.9 Å². The number of likely N-dealkylation sites (tertiary alicyclic amines) is 1. The highest BCUT2D eigenvalue weighted by Crippen LogP contribution is 2.27. The SMILES string of the molecule is Cc1c(C)n(CC(C)N2CCCCC2)c2ncnc(N)c12. The zero-order chi connectivity index (χ0) is 15.0. The van der Waals surface area contributed by atoms with Crippen LogP contribution in [0.15, 0.2) is 6.33 Å². The summed E-state index contributed by atoms with van der Waals surface area (Å²) >= 11 is 0. The van der Waals surface area contributed by atoms with Crippen molar-refractivity contribution in [1.82, 2.24) is 19.4 Å². The van der Waals surface area contributed by atoms with Crippen molar-refractivity contribution in [2.75, 3.05) is 18.8 Å². The van der Waals surface area contributed by atoms with Gasteiger partial charge in [0, 0.05) is 18.3 Å². The van der Waals surface area contributed by atoms with Crippen LogP contribution in [-0.4, -0.2) is 38.6 Å². The summed E-state index contributed by atoms with van der Waals surface area (Å²) in [6.45, 7) is 9.98. The molecule has 5 heteroatoms. The van der Waals surface area contributed by atoms with Crippen LogP contribution < -0.4 is 5.73 Å². The lowest BCUT2D eigenvalue weighted by molar-refractivity contribution is 0.160. The molecule has 2 aromatic heterocycles. The average molecular weight is 287 g/mol. The molecule has 0 bridgehead atoms. The highest BCUT2D eigenvalue weighted by atomic mass is 15.2. The summed E-state index contributed by atoms with van der Waals surface area (Å²) in [5, 5.41) is 1.01. The number of piperidine rings is 1. The molecular formula is C16H25N5. The van der Waals surface area contributed by atoms with Crippen molar-refractivity contribution in [3.8, 4) is 0 Å². The Balaban J connectivity index is 1.93. The Hall–Kier alpha value is -1.62. The number of nitrogens with zero attached hydrogens (tertiary/aromatic N) is 4. The standard InChI is InChI=1S/C16H25N5/c1-11(20-7-5-4-6-8-20)9-21-13(3)12(2)14-15(17)18-10-19-16(14)21/h10-11H,4-9H2,1-3H3,(H2,17,18,19). The van der Waals surface area contributed by atoms with Crippen molar-refractivity contribution in [3.05, 3.63) is 17.6 Å². The summed E-state index contributed by atoms with van der Waals surface area (Å²) < 4.78 is 2.31. The Kier molecular flexibility index (Phi) is 3.85. The Bertz CT molecular complexity index is 640. The van der Waals surface area contributed by atoms with Gasteiger partial charge in [-0.15, -0.1) is 0 Å². The van der Waals surface area contributed by atoms with Crippen LogP contribution >= 0.6 is 0 Å². The first kappa shape index (κ1) is 14.3. The zero-order valence-electron chi connectivity index (χ0n) is 13.3. The molecule has 1 aliphatic heterocycles. The third-order valence-electron chi connectivity index (χ3n) is 4.90. The fourth-order valence-electron chi connectivity index (χ4n) is 3.46. The number of anilines is 1. The fraction of sp³-hybridized carbons (Fsp3) is 0.625. The summed E-state index contributed by atoms with van der Waals surface area (Å²) in [5.41, 5.74) is 9.47. The fourth-order valence-corrected chi connectivity index (χ4v) is 3.46. The maximum atomic E-state index is 6.04. The molecule has 5 nitrogen and oxygen atoms in total. The van der Waals surface area contributed by atoms with Gasteiger partial charge < -0.3 is 10.3 Å². The maximum absolute atomic E-state index is 6.04. The van der Waals surface area contributed by atoms with Crippen molar-refractivity contribution in [1.29, 1.82) is 0 Å². The third kappa shape index (κ3) is 2.50. The monoisotopic (exact) mass is 287 g/mol. The van der Waals surface area contributed by atoms with Gasteiger partial charge in [-0.05, 0) is 52.3 Å². The first-order chi connectivity index (χ1) is 10.1. The van der Waals surface area contributed by atoms with E-state index in [4.69, 9.17) is 5.73 Å². The summed E-state index contributed by atoms with van der Waals surface area (Å²) in [6, 6.07) is 0.523. The summed E-state index contributed by atoms with van der Waals surface area (Å²) in [7, 11) is 0. The topological polar surface area (TPSA) is 60.0 Å². The van der Waals surface area contributed by atoms with Gasteiger partial charge in [0.2, 0.25) is 0 Å². The van der Waals surface area contributed by atoms with E-state index in [0.717, 1.165) is 17.6 Å². The van der Waals surface area contributed by atoms with Crippen molar-refractivity contribution in [3.63, 3.8) is 0 Å². The molecular weight excluding hydrogens is 262 g/mol. The van der Waals surface area contributed by atoms with Gasteiger partial charge in [-0.25, -0.2) is 9.97 Å². The Morgan fingerprint density at radius 2 is 1.90 bits per heavy atom. The molecule has 21 heavy (non-hydrogen) atoms. The second-order valence-corrected chi connectivity index (χ2v) is 6.22. The van der Waals surface area contributed by atoms with E-state index >= 15 is 0 Å². The van der Waals surface area contributed by atoms with Gasteiger partial charge in [0.25, 0.3) is 0 Å². The lowest BCUT2D eigenvalue weighted by Gasteiger charge is -2.32. The van der Waals surface area contributed by atoms with Gasteiger partial charge in [-0.1, -0.05) is 6.42 Å². The number of hydrogen-bond acceptors (Lipinski definition) is 4. The molecule has 2 aromatic rings. The number of nitrogen functional groups attached to an aromatic ring is 1. The van der Waals surface area contributed by atoms with Gasteiger partial charge in [0.05, 0.1) is 5.39 Å². The summed E-state index contributed by atoms with van der Waals surface area (Å²) in [4.78, 5) is 11.2. The number of rotatable bonds is 3. The first-order valence-electron chi connectivity index (χ1n) is 7.89. The number of aromatic nitrogens is 3. The van der Waals surface area contributed by atoms with Gasteiger partial charge >= 0.3 is 0 Å². The number of aryl methyl sites for hydroxylation is 1. The Labute approximate surface area is 126 Å². The highest BCUT2D eigenvalue weighted by molar-refractivity contribution is 5.90.